The maximum Gasteiger partial charge on any atom is 0.244 e. The van der Waals surface area contributed by atoms with Gasteiger partial charge in [-0.2, -0.15) is 4.31 Å². The maximum atomic E-state index is 12.7. The van der Waals surface area contributed by atoms with Crippen LogP contribution in [0, 0.1) is 13.8 Å². The van der Waals surface area contributed by atoms with E-state index in [-0.39, 0.29) is 12.6 Å². The zero-order valence-electron chi connectivity index (χ0n) is 11.4. The van der Waals surface area contributed by atoms with Gasteiger partial charge in [0.2, 0.25) is 10.0 Å². The molecule has 1 fully saturated rings. The van der Waals surface area contributed by atoms with E-state index in [4.69, 9.17) is 5.11 Å². The predicted molar refractivity (Wildman–Crippen MR) is 77.0 cm³/mol. The molecule has 1 N–H and O–H groups in total. The molecule has 0 bridgehead atoms. The minimum Gasteiger partial charge on any atom is -0.396 e. The third kappa shape index (κ3) is 3.02. The van der Waals surface area contributed by atoms with Crippen LogP contribution in [0.4, 0.5) is 0 Å². The zero-order chi connectivity index (χ0) is 14.0. The molecule has 6 heteroatoms. The van der Waals surface area contributed by atoms with Crippen LogP contribution in [-0.4, -0.2) is 37.0 Å². The predicted octanol–water partition coefficient (Wildman–Crippen LogP) is 2.29. The SMILES string of the molecule is Cc1cc(S(=O)(=O)N2CCCC2CCCO)c(C)s1. The maximum absolute atomic E-state index is 12.7. The molecule has 19 heavy (non-hydrogen) atoms. The largest absolute Gasteiger partial charge is 0.396 e. The molecule has 0 amide bonds. The van der Waals surface area contributed by atoms with Gasteiger partial charge in [0.15, 0.2) is 0 Å². The van der Waals surface area contributed by atoms with Gasteiger partial charge in [-0.05, 0) is 45.6 Å². The summed E-state index contributed by atoms with van der Waals surface area (Å²) in [5.41, 5.74) is 0. The molecule has 0 radical (unpaired) electrons. The van der Waals surface area contributed by atoms with Crippen molar-refractivity contribution < 1.29 is 13.5 Å². The lowest BCUT2D eigenvalue weighted by atomic mass is 10.1. The average Bonchev–Trinajstić information content (AvgIpc) is 2.93. The second-order valence-electron chi connectivity index (χ2n) is 5.06. The topological polar surface area (TPSA) is 57.6 Å². The first-order valence-electron chi connectivity index (χ1n) is 6.66. The van der Waals surface area contributed by atoms with E-state index in [1.807, 2.05) is 13.8 Å². The van der Waals surface area contributed by atoms with Gasteiger partial charge >= 0.3 is 0 Å². The van der Waals surface area contributed by atoms with Crippen LogP contribution in [0.2, 0.25) is 0 Å². The molecule has 1 atom stereocenters. The molecule has 1 aliphatic heterocycles. The lowest BCUT2D eigenvalue weighted by Crippen LogP contribution is -2.35. The molecule has 108 valence electrons. The van der Waals surface area contributed by atoms with Gasteiger partial charge in [-0.1, -0.05) is 0 Å². The smallest absolute Gasteiger partial charge is 0.244 e. The van der Waals surface area contributed by atoms with Gasteiger partial charge in [0.1, 0.15) is 0 Å². The second-order valence-corrected chi connectivity index (χ2v) is 8.37. The highest BCUT2D eigenvalue weighted by atomic mass is 32.2. The van der Waals surface area contributed by atoms with Crippen molar-refractivity contribution in [3.8, 4) is 0 Å². The summed E-state index contributed by atoms with van der Waals surface area (Å²) >= 11 is 1.53. The summed E-state index contributed by atoms with van der Waals surface area (Å²) in [6, 6.07) is 1.83. The van der Waals surface area contributed by atoms with Gasteiger partial charge < -0.3 is 5.11 Å². The van der Waals surface area contributed by atoms with E-state index in [0.717, 1.165) is 29.0 Å². The van der Waals surface area contributed by atoms with Crippen LogP contribution in [-0.2, 0) is 10.0 Å². The van der Waals surface area contributed by atoms with Gasteiger partial charge in [0.05, 0.1) is 4.90 Å². The number of rotatable bonds is 5. The number of hydrogen-bond acceptors (Lipinski definition) is 4. The average molecular weight is 303 g/mol. The molecule has 1 unspecified atom stereocenters. The first-order valence-corrected chi connectivity index (χ1v) is 8.92. The molecule has 1 aromatic heterocycles. The molecular formula is C13H21NO3S2. The highest BCUT2D eigenvalue weighted by molar-refractivity contribution is 7.89. The van der Waals surface area contributed by atoms with E-state index in [2.05, 4.69) is 0 Å². The molecule has 1 aromatic rings. The lowest BCUT2D eigenvalue weighted by Gasteiger charge is -2.23. The molecule has 4 nitrogen and oxygen atoms in total. The number of aliphatic hydroxyl groups excluding tert-OH is 1. The first-order chi connectivity index (χ1) is 8.96. The summed E-state index contributed by atoms with van der Waals surface area (Å²) in [6.45, 7) is 4.53. The number of hydrogen-bond donors (Lipinski definition) is 1. The number of aliphatic hydroxyl groups is 1. The minimum atomic E-state index is -3.37. The number of nitrogens with zero attached hydrogens (tertiary/aromatic N) is 1. The van der Waals surface area contributed by atoms with Crippen molar-refractivity contribution in [1.29, 1.82) is 0 Å². The lowest BCUT2D eigenvalue weighted by molar-refractivity contribution is 0.264. The van der Waals surface area contributed by atoms with Crippen molar-refractivity contribution in [2.45, 2.75) is 50.5 Å². The molecule has 0 saturated carbocycles. The van der Waals surface area contributed by atoms with E-state index in [1.165, 1.54) is 11.3 Å². The van der Waals surface area contributed by atoms with Crippen LogP contribution in [0.25, 0.3) is 0 Å². The van der Waals surface area contributed by atoms with Gasteiger partial charge in [-0.3, -0.25) is 0 Å². The van der Waals surface area contributed by atoms with Crippen LogP contribution in [0.5, 0.6) is 0 Å². The quantitative estimate of drug-likeness (QED) is 0.908. The van der Waals surface area contributed by atoms with Crippen molar-refractivity contribution in [3.63, 3.8) is 0 Å². The van der Waals surface area contributed by atoms with E-state index in [1.54, 1.807) is 10.4 Å². The Hall–Kier alpha value is -0.430. The Bertz CT molecular complexity index is 536. The third-order valence-electron chi connectivity index (χ3n) is 3.60. The molecule has 0 aliphatic carbocycles. The summed E-state index contributed by atoms with van der Waals surface area (Å²) in [7, 11) is -3.37. The van der Waals surface area contributed by atoms with E-state index in [0.29, 0.717) is 17.9 Å². The van der Waals surface area contributed by atoms with Crippen molar-refractivity contribution in [2.24, 2.45) is 0 Å². The third-order valence-corrected chi connectivity index (χ3v) is 6.77. The monoisotopic (exact) mass is 303 g/mol. The van der Waals surface area contributed by atoms with Crippen LogP contribution >= 0.6 is 11.3 Å². The highest BCUT2D eigenvalue weighted by Crippen LogP contribution is 2.33. The summed E-state index contributed by atoms with van der Waals surface area (Å²) in [5, 5.41) is 8.91. The minimum absolute atomic E-state index is 0.0526. The normalized spacial score (nSPS) is 21.1. The molecular weight excluding hydrogens is 282 g/mol. The Morgan fingerprint density at radius 1 is 1.47 bits per heavy atom. The Morgan fingerprint density at radius 3 is 2.79 bits per heavy atom. The fourth-order valence-electron chi connectivity index (χ4n) is 2.73. The Balaban J connectivity index is 2.26. The van der Waals surface area contributed by atoms with Crippen LogP contribution in [0.1, 0.15) is 35.4 Å². The fourth-order valence-corrected chi connectivity index (χ4v) is 5.98. The van der Waals surface area contributed by atoms with Crippen molar-refractivity contribution in [2.75, 3.05) is 13.2 Å². The van der Waals surface area contributed by atoms with Gasteiger partial charge in [-0.25, -0.2) is 8.42 Å². The first kappa shape index (κ1) is 15.0. The fraction of sp³-hybridized carbons (Fsp3) is 0.692. The molecule has 0 spiro atoms. The second kappa shape index (κ2) is 5.91. The standard InChI is InChI=1S/C13H21NO3S2/c1-10-9-13(11(2)18-10)19(16,17)14-7-3-5-12(14)6-4-8-15/h9,12,15H,3-8H2,1-2H3. The molecule has 1 saturated heterocycles. The number of aryl methyl sites for hydroxylation is 2. The van der Waals surface area contributed by atoms with E-state index < -0.39 is 10.0 Å². The van der Waals surface area contributed by atoms with Gasteiger partial charge in [0, 0.05) is 28.9 Å². The van der Waals surface area contributed by atoms with Crippen LogP contribution in [0.15, 0.2) is 11.0 Å². The summed E-state index contributed by atoms with van der Waals surface area (Å²) < 4.78 is 27.1. The van der Waals surface area contributed by atoms with Crippen LogP contribution in [0.3, 0.4) is 0 Å². The summed E-state index contributed by atoms with van der Waals surface area (Å²) in [4.78, 5) is 2.36. The molecule has 2 heterocycles. The van der Waals surface area contributed by atoms with Crippen molar-refractivity contribution in [1.82, 2.24) is 4.31 Å². The van der Waals surface area contributed by atoms with E-state index in [9.17, 15) is 8.42 Å². The Labute approximate surface area is 119 Å². The van der Waals surface area contributed by atoms with Gasteiger partial charge in [0.25, 0.3) is 0 Å². The van der Waals surface area contributed by atoms with Crippen molar-refractivity contribution >= 4 is 21.4 Å². The Kier molecular flexibility index (Phi) is 4.66. The molecule has 1 aliphatic rings. The van der Waals surface area contributed by atoms with Crippen molar-refractivity contribution in [3.05, 3.63) is 15.8 Å². The molecule has 2 rings (SSSR count). The summed E-state index contributed by atoms with van der Waals surface area (Å²) in [6.07, 6.45) is 3.23. The van der Waals surface area contributed by atoms with Gasteiger partial charge in [-0.15, -0.1) is 11.3 Å². The zero-order valence-corrected chi connectivity index (χ0v) is 13.1. The highest BCUT2D eigenvalue weighted by Gasteiger charge is 2.36. The number of thiophene rings is 1. The number of sulfonamides is 1. The van der Waals surface area contributed by atoms with Crippen LogP contribution < -0.4 is 0 Å². The Morgan fingerprint density at radius 2 is 2.21 bits per heavy atom. The van der Waals surface area contributed by atoms with E-state index >= 15 is 0 Å². The molecule has 0 aromatic carbocycles. The summed E-state index contributed by atoms with van der Waals surface area (Å²) in [5.74, 6) is 0.